The number of ether oxygens (including phenoxy) is 1. The fourth-order valence-corrected chi connectivity index (χ4v) is 1.25. The molecule has 0 heterocycles. The van der Waals surface area contributed by atoms with Crippen LogP contribution < -0.4 is 5.73 Å². The zero-order valence-electron chi connectivity index (χ0n) is 10.4. The third kappa shape index (κ3) is 4.40. The topological polar surface area (TPSA) is 117 Å². The third-order valence-electron chi connectivity index (χ3n) is 2.33. The van der Waals surface area contributed by atoms with Gasteiger partial charge in [0.2, 0.25) is 0 Å². The molecule has 1 aromatic rings. The zero-order valence-corrected chi connectivity index (χ0v) is 10.4. The molecule has 1 aromatic carbocycles. The van der Waals surface area contributed by atoms with Crippen molar-refractivity contribution in [1.82, 2.24) is 4.90 Å². The summed E-state index contributed by atoms with van der Waals surface area (Å²) in [7, 11) is 1.40. The van der Waals surface area contributed by atoms with E-state index in [0.29, 0.717) is 5.56 Å². The molecule has 0 unspecified atom stereocenters. The summed E-state index contributed by atoms with van der Waals surface area (Å²) in [4.78, 5) is 24.0. The maximum Gasteiger partial charge on any atom is 0.347 e. The van der Waals surface area contributed by atoms with Crippen LogP contribution >= 0.6 is 0 Å². The minimum absolute atomic E-state index is 0.326. The van der Waals surface area contributed by atoms with Gasteiger partial charge in [-0.15, -0.1) is 0 Å². The van der Waals surface area contributed by atoms with Crippen LogP contribution in [0.5, 0.6) is 0 Å². The Hall–Kier alpha value is -2.41. The quantitative estimate of drug-likeness (QED) is 0.295. The van der Waals surface area contributed by atoms with Crippen molar-refractivity contribution in [1.29, 1.82) is 5.41 Å². The Morgan fingerprint density at radius 1 is 1.42 bits per heavy atom. The molecule has 0 aliphatic carbocycles. The number of nitrogens with zero attached hydrogens (tertiary/aromatic N) is 1. The van der Waals surface area contributed by atoms with Gasteiger partial charge in [-0.05, 0) is 5.56 Å². The van der Waals surface area contributed by atoms with Gasteiger partial charge in [0.1, 0.15) is 6.54 Å². The Morgan fingerprint density at radius 2 is 2.00 bits per heavy atom. The molecule has 4 N–H and O–H groups in total. The van der Waals surface area contributed by atoms with Gasteiger partial charge in [-0.2, -0.15) is 0 Å². The van der Waals surface area contributed by atoms with Crippen LogP contribution in [0.2, 0.25) is 0 Å². The van der Waals surface area contributed by atoms with Gasteiger partial charge in [0.25, 0.3) is 0 Å². The minimum Gasteiger partial charge on any atom is -0.390 e. The fraction of sp³-hybridized carbons (Fsp3) is 0.250. The van der Waals surface area contributed by atoms with Crippen LogP contribution in [0.4, 0.5) is 0 Å². The van der Waals surface area contributed by atoms with Gasteiger partial charge in [-0.3, -0.25) is 5.41 Å². The summed E-state index contributed by atoms with van der Waals surface area (Å²) in [5.74, 6) is -2.28. The highest BCUT2D eigenvalue weighted by atomic mass is 16.6. The molecule has 7 nitrogen and oxygen atoms in total. The number of guanidine groups is 1. The lowest BCUT2D eigenvalue weighted by molar-refractivity contribution is -0.166. The van der Waals surface area contributed by atoms with Crippen molar-refractivity contribution in [3.8, 4) is 0 Å². The zero-order chi connectivity index (χ0) is 14.4. The number of carbonyl (C=O) groups is 2. The van der Waals surface area contributed by atoms with Crippen molar-refractivity contribution < 1.29 is 19.4 Å². The number of hydrogen-bond acceptors (Lipinski definition) is 5. The molecule has 0 aliphatic heterocycles. The number of nitrogens with one attached hydrogen (secondary N) is 1. The first-order chi connectivity index (χ1) is 8.91. The van der Waals surface area contributed by atoms with E-state index in [4.69, 9.17) is 11.1 Å². The SMILES string of the molecule is CN(CC(=O)OC(=O)[C@H](O)c1ccccc1)C(=N)N. The van der Waals surface area contributed by atoms with Crippen molar-refractivity contribution in [2.75, 3.05) is 13.6 Å². The third-order valence-corrected chi connectivity index (χ3v) is 2.33. The largest absolute Gasteiger partial charge is 0.390 e. The average Bonchev–Trinajstić information content (AvgIpc) is 2.38. The van der Waals surface area contributed by atoms with Gasteiger partial charge in [0.05, 0.1) is 0 Å². The summed E-state index contributed by atoms with van der Waals surface area (Å²) < 4.78 is 4.47. The summed E-state index contributed by atoms with van der Waals surface area (Å²) in [5.41, 5.74) is 5.47. The van der Waals surface area contributed by atoms with E-state index in [9.17, 15) is 14.7 Å². The van der Waals surface area contributed by atoms with Gasteiger partial charge >= 0.3 is 11.9 Å². The Bertz CT molecular complexity index is 475. The van der Waals surface area contributed by atoms with Crippen LogP contribution in [-0.4, -0.2) is 41.5 Å². The summed E-state index contributed by atoms with van der Waals surface area (Å²) in [6, 6.07) is 8.11. The lowest BCUT2D eigenvalue weighted by Gasteiger charge is -2.15. The highest BCUT2D eigenvalue weighted by Gasteiger charge is 2.22. The van der Waals surface area contributed by atoms with E-state index in [2.05, 4.69) is 4.74 Å². The van der Waals surface area contributed by atoms with Crippen molar-refractivity contribution >= 4 is 17.9 Å². The first-order valence-electron chi connectivity index (χ1n) is 5.44. The molecule has 19 heavy (non-hydrogen) atoms. The van der Waals surface area contributed by atoms with E-state index >= 15 is 0 Å². The van der Waals surface area contributed by atoms with Crippen LogP contribution in [0.1, 0.15) is 11.7 Å². The van der Waals surface area contributed by atoms with Crippen LogP contribution in [0.25, 0.3) is 0 Å². The first-order valence-corrected chi connectivity index (χ1v) is 5.44. The standard InChI is InChI=1S/C12H15N3O4/c1-15(12(13)14)7-9(16)19-11(18)10(17)8-5-3-2-4-6-8/h2-6,10,17H,7H2,1H3,(H3,13,14)/t10-/m1/s1. The molecule has 0 fully saturated rings. The lowest BCUT2D eigenvalue weighted by Crippen LogP contribution is -2.38. The number of carbonyl (C=O) groups excluding carboxylic acids is 2. The molecule has 0 radical (unpaired) electrons. The number of nitrogens with two attached hydrogens (primary N) is 1. The molecular formula is C12H15N3O4. The Morgan fingerprint density at radius 3 is 2.53 bits per heavy atom. The minimum atomic E-state index is -1.52. The normalized spacial score (nSPS) is 11.5. The van der Waals surface area contributed by atoms with E-state index in [1.807, 2.05) is 0 Å². The van der Waals surface area contributed by atoms with Gasteiger partial charge in [0, 0.05) is 7.05 Å². The number of aliphatic hydroxyl groups is 1. The van der Waals surface area contributed by atoms with Crippen LogP contribution in [-0.2, 0) is 14.3 Å². The van der Waals surface area contributed by atoms with Gasteiger partial charge in [-0.1, -0.05) is 30.3 Å². The molecule has 1 atom stereocenters. The Labute approximate surface area is 110 Å². The highest BCUT2D eigenvalue weighted by molar-refractivity contribution is 5.90. The number of esters is 2. The van der Waals surface area contributed by atoms with Crippen LogP contribution in [0, 0.1) is 5.41 Å². The smallest absolute Gasteiger partial charge is 0.347 e. The first kappa shape index (κ1) is 14.7. The summed E-state index contributed by atoms with van der Waals surface area (Å²) in [6.45, 7) is -0.345. The highest BCUT2D eigenvalue weighted by Crippen LogP contribution is 2.13. The number of benzene rings is 1. The molecule has 0 aliphatic rings. The van der Waals surface area contributed by atoms with Gasteiger partial charge in [0.15, 0.2) is 12.1 Å². The summed E-state index contributed by atoms with van der Waals surface area (Å²) in [5, 5.41) is 16.7. The average molecular weight is 265 g/mol. The van der Waals surface area contributed by atoms with E-state index < -0.39 is 18.0 Å². The van der Waals surface area contributed by atoms with E-state index in [1.165, 1.54) is 19.2 Å². The predicted molar refractivity (Wildman–Crippen MR) is 67.0 cm³/mol. The maximum absolute atomic E-state index is 11.5. The molecular weight excluding hydrogens is 250 g/mol. The lowest BCUT2D eigenvalue weighted by atomic mass is 10.1. The van der Waals surface area contributed by atoms with Crippen molar-refractivity contribution in [3.63, 3.8) is 0 Å². The predicted octanol–water partition coefficient (Wildman–Crippen LogP) is -0.385. The van der Waals surface area contributed by atoms with Crippen LogP contribution in [0.15, 0.2) is 30.3 Å². The second kappa shape index (κ2) is 6.50. The summed E-state index contributed by atoms with van der Waals surface area (Å²) in [6.07, 6.45) is -1.52. The Kier molecular flexibility index (Phi) is 5.01. The molecule has 102 valence electrons. The molecule has 1 rings (SSSR count). The van der Waals surface area contributed by atoms with E-state index in [0.717, 1.165) is 4.90 Å². The van der Waals surface area contributed by atoms with Crippen molar-refractivity contribution in [2.24, 2.45) is 5.73 Å². The van der Waals surface area contributed by atoms with Gasteiger partial charge < -0.3 is 20.5 Å². The molecule has 0 amide bonds. The second-order valence-corrected chi connectivity index (χ2v) is 3.85. The number of likely N-dealkylation sites (N-methyl/N-ethyl adjacent to an activating group) is 1. The second-order valence-electron chi connectivity index (χ2n) is 3.85. The van der Waals surface area contributed by atoms with Crippen LogP contribution in [0.3, 0.4) is 0 Å². The number of aliphatic hydroxyl groups excluding tert-OH is 1. The van der Waals surface area contributed by atoms with Gasteiger partial charge in [-0.25, -0.2) is 9.59 Å². The monoisotopic (exact) mass is 265 g/mol. The number of rotatable bonds is 4. The maximum atomic E-state index is 11.5. The molecule has 0 saturated heterocycles. The fourth-order valence-electron chi connectivity index (χ4n) is 1.25. The van der Waals surface area contributed by atoms with Crippen molar-refractivity contribution in [2.45, 2.75) is 6.10 Å². The molecule has 7 heteroatoms. The number of hydrogen-bond donors (Lipinski definition) is 3. The van der Waals surface area contributed by atoms with Crippen molar-refractivity contribution in [3.05, 3.63) is 35.9 Å². The summed E-state index contributed by atoms with van der Waals surface area (Å²) >= 11 is 0. The molecule has 0 saturated carbocycles. The van der Waals surface area contributed by atoms with E-state index in [1.54, 1.807) is 18.2 Å². The Balaban J connectivity index is 2.55. The molecule has 0 spiro atoms. The molecule has 0 bridgehead atoms. The molecule has 0 aromatic heterocycles. The van der Waals surface area contributed by atoms with E-state index in [-0.39, 0.29) is 12.5 Å².